The van der Waals surface area contributed by atoms with Gasteiger partial charge in [-0.25, -0.2) is 0 Å². The van der Waals surface area contributed by atoms with Crippen molar-refractivity contribution >= 4 is 11.8 Å². The first-order chi connectivity index (χ1) is 9.58. The van der Waals surface area contributed by atoms with E-state index in [2.05, 4.69) is 0 Å². The largest absolute Gasteiger partial charge is 0.481 e. The van der Waals surface area contributed by atoms with Gasteiger partial charge in [-0.05, 0) is 11.1 Å². The first-order valence-corrected chi connectivity index (χ1v) is 6.25. The first kappa shape index (κ1) is 14.0. The van der Waals surface area contributed by atoms with Crippen LogP contribution in [0, 0.1) is 0 Å². The molecule has 0 aliphatic heterocycles. The number of ketones is 1. The fourth-order valence-electron chi connectivity index (χ4n) is 1.95. The lowest BCUT2D eigenvalue weighted by molar-refractivity contribution is -0.137. The molecule has 0 spiro atoms. The molecule has 0 aliphatic rings. The molecule has 2 aromatic rings. The summed E-state index contributed by atoms with van der Waals surface area (Å²) in [4.78, 5) is 22.5. The second-order valence-corrected chi connectivity index (χ2v) is 4.51. The van der Waals surface area contributed by atoms with Gasteiger partial charge < -0.3 is 10.8 Å². The highest BCUT2D eigenvalue weighted by molar-refractivity contribution is 6.01. The summed E-state index contributed by atoms with van der Waals surface area (Å²) in [6, 6.07) is 15.8. The fraction of sp³-hybridized carbons (Fsp3) is 0.125. The Kier molecular flexibility index (Phi) is 4.27. The quantitative estimate of drug-likeness (QED) is 0.816. The van der Waals surface area contributed by atoms with E-state index in [1.54, 1.807) is 12.1 Å². The van der Waals surface area contributed by atoms with Crippen LogP contribution in [0.15, 0.2) is 54.6 Å². The fourth-order valence-corrected chi connectivity index (χ4v) is 1.95. The van der Waals surface area contributed by atoms with E-state index in [1.807, 2.05) is 42.5 Å². The van der Waals surface area contributed by atoms with E-state index < -0.39 is 12.0 Å². The van der Waals surface area contributed by atoms with Crippen molar-refractivity contribution < 1.29 is 14.7 Å². The molecule has 102 valence electrons. The summed E-state index contributed by atoms with van der Waals surface area (Å²) >= 11 is 0. The predicted molar refractivity (Wildman–Crippen MR) is 76.4 cm³/mol. The molecule has 20 heavy (non-hydrogen) atoms. The lowest BCUT2D eigenvalue weighted by atomic mass is 9.99. The van der Waals surface area contributed by atoms with Crippen LogP contribution in [0.5, 0.6) is 0 Å². The monoisotopic (exact) mass is 269 g/mol. The van der Waals surface area contributed by atoms with Crippen molar-refractivity contribution in [1.29, 1.82) is 0 Å². The molecule has 0 bridgehead atoms. The highest BCUT2D eigenvalue weighted by atomic mass is 16.4. The zero-order chi connectivity index (χ0) is 14.5. The Labute approximate surface area is 116 Å². The lowest BCUT2D eigenvalue weighted by Crippen LogP contribution is -2.32. The first-order valence-electron chi connectivity index (χ1n) is 6.25. The van der Waals surface area contributed by atoms with Gasteiger partial charge in [0.2, 0.25) is 0 Å². The molecule has 1 unspecified atom stereocenters. The number of benzene rings is 2. The Hall–Kier alpha value is -2.46. The molecule has 0 fully saturated rings. The van der Waals surface area contributed by atoms with Gasteiger partial charge in [0.25, 0.3) is 0 Å². The molecule has 2 aromatic carbocycles. The van der Waals surface area contributed by atoms with Gasteiger partial charge >= 0.3 is 5.97 Å². The van der Waals surface area contributed by atoms with Crippen molar-refractivity contribution in [2.45, 2.75) is 12.5 Å². The molecule has 1 atom stereocenters. The zero-order valence-corrected chi connectivity index (χ0v) is 10.8. The molecule has 2 rings (SSSR count). The van der Waals surface area contributed by atoms with E-state index in [9.17, 15) is 9.59 Å². The molecule has 3 N–H and O–H groups in total. The third-order valence-corrected chi connectivity index (χ3v) is 3.01. The van der Waals surface area contributed by atoms with E-state index >= 15 is 0 Å². The molecule has 0 saturated heterocycles. The molecule has 0 amide bonds. The Morgan fingerprint density at radius 3 is 2.05 bits per heavy atom. The third-order valence-electron chi connectivity index (χ3n) is 3.01. The van der Waals surface area contributed by atoms with Gasteiger partial charge in [0.15, 0.2) is 5.78 Å². The van der Waals surface area contributed by atoms with Crippen molar-refractivity contribution in [1.82, 2.24) is 0 Å². The van der Waals surface area contributed by atoms with Gasteiger partial charge in [0.1, 0.15) is 0 Å². The number of carbonyl (C=O) groups is 2. The maximum absolute atomic E-state index is 11.9. The maximum atomic E-state index is 11.9. The molecule has 4 heteroatoms. The normalized spacial score (nSPS) is 11.8. The van der Waals surface area contributed by atoms with Crippen LogP contribution in [-0.4, -0.2) is 22.9 Å². The SMILES string of the molecule is NC(CC(=O)O)C(=O)c1ccc(-c2ccccc2)cc1. The highest BCUT2D eigenvalue weighted by Gasteiger charge is 2.18. The molecule has 4 nitrogen and oxygen atoms in total. The second-order valence-electron chi connectivity index (χ2n) is 4.51. The number of hydrogen-bond acceptors (Lipinski definition) is 3. The van der Waals surface area contributed by atoms with E-state index in [1.165, 1.54) is 0 Å². The summed E-state index contributed by atoms with van der Waals surface area (Å²) in [6.07, 6.45) is -0.362. The molecular formula is C16H15NO3. The third kappa shape index (κ3) is 3.30. The Bertz CT molecular complexity index is 605. The standard InChI is InChI=1S/C16H15NO3/c17-14(10-15(18)19)16(20)13-8-6-12(7-9-13)11-4-2-1-3-5-11/h1-9,14H,10,17H2,(H,18,19). The van der Waals surface area contributed by atoms with Crippen LogP contribution in [0.1, 0.15) is 16.8 Å². The summed E-state index contributed by atoms with van der Waals surface area (Å²) in [7, 11) is 0. The minimum atomic E-state index is -1.08. The van der Waals surface area contributed by atoms with Crippen molar-refractivity contribution in [2.75, 3.05) is 0 Å². The van der Waals surface area contributed by atoms with Crippen LogP contribution in [0.25, 0.3) is 11.1 Å². The molecule has 0 aliphatic carbocycles. The number of Topliss-reactive ketones (excluding diaryl/α,β-unsaturated/α-hetero) is 1. The van der Waals surface area contributed by atoms with Crippen LogP contribution in [0.2, 0.25) is 0 Å². The van der Waals surface area contributed by atoms with Crippen LogP contribution in [0.3, 0.4) is 0 Å². The number of aliphatic carboxylic acids is 1. The van der Waals surface area contributed by atoms with Gasteiger partial charge in [-0.3, -0.25) is 9.59 Å². The average Bonchev–Trinajstić information content (AvgIpc) is 2.47. The van der Waals surface area contributed by atoms with Gasteiger partial charge in [-0.15, -0.1) is 0 Å². The van der Waals surface area contributed by atoms with Gasteiger partial charge in [0.05, 0.1) is 12.5 Å². The van der Waals surface area contributed by atoms with Crippen molar-refractivity contribution in [3.05, 3.63) is 60.2 Å². The number of nitrogens with two attached hydrogens (primary N) is 1. The number of carboxylic acids is 1. The zero-order valence-electron chi connectivity index (χ0n) is 10.8. The number of carbonyl (C=O) groups excluding carboxylic acids is 1. The van der Waals surface area contributed by atoms with Crippen molar-refractivity contribution in [2.24, 2.45) is 5.73 Å². The Morgan fingerprint density at radius 2 is 1.50 bits per heavy atom. The molecule has 0 saturated carbocycles. The van der Waals surface area contributed by atoms with Crippen LogP contribution < -0.4 is 5.73 Å². The summed E-state index contributed by atoms with van der Waals surface area (Å²) in [5, 5.41) is 8.64. The summed E-state index contributed by atoms with van der Waals surface area (Å²) in [5.41, 5.74) is 8.05. The van der Waals surface area contributed by atoms with E-state index in [0.29, 0.717) is 5.56 Å². The minimum absolute atomic E-state index is 0.355. The number of carboxylic acid groups (broad SMARTS) is 1. The Balaban J connectivity index is 2.16. The lowest BCUT2D eigenvalue weighted by Gasteiger charge is -2.08. The van der Waals surface area contributed by atoms with E-state index in [0.717, 1.165) is 11.1 Å². The number of hydrogen-bond donors (Lipinski definition) is 2. The Morgan fingerprint density at radius 1 is 0.950 bits per heavy atom. The number of rotatable bonds is 5. The maximum Gasteiger partial charge on any atom is 0.305 e. The summed E-state index contributed by atoms with van der Waals surface area (Å²) in [5.74, 6) is -1.43. The minimum Gasteiger partial charge on any atom is -0.481 e. The summed E-state index contributed by atoms with van der Waals surface area (Å²) < 4.78 is 0. The molecular weight excluding hydrogens is 254 g/mol. The van der Waals surface area contributed by atoms with Gasteiger partial charge in [0, 0.05) is 5.56 Å². The van der Waals surface area contributed by atoms with E-state index in [4.69, 9.17) is 10.8 Å². The van der Waals surface area contributed by atoms with Crippen molar-refractivity contribution in [3.8, 4) is 11.1 Å². The van der Waals surface area contributed by atoms with Gasteiger partial charge in [-0.2, -0.15) is 0 Å². The molecule has 0 aromatic heterocycles. The average molecular weight is 269 g/mol. The highest BCUT2D eigenvalue weighted by Crippen LogP contribution is 2.19. The van der Waals surface area contributed by atoms with Gasteiger partial charge in [-0.1, -0.05) is 54.6 Å². The van der Waals surface area contributed by atoms with E-state index in [-0.39, 0.29) is 12.2 Å². The smallest absolute Gasteiger partial charge is 0.305 e. The van der Waals surface area contributed by atoms with Crippen molar-refractivity contribution in [3.63, 3.8) is 0 Å². The molecule has 0 radical (unpaired) electrons. The van der Waals surface area contributed by atoms with Crippen LogP contribution in [0.4, 0.5) is 0 Å². The summed E-state index contributed by atoms with van der Waals surface area (Å²) in [6.45, 7) is 0. The van der Waals surface area contributed by atoms with Crippen LogP contribution in [-0.2, 0) is 4.79 Å². The predicted octanol–water partition coefficient (Wildman–Crippen LogP) is 2.34. The second kappa shape index (κ2) is 6.12. The topological polar surface area (TPSA) is 80.4 Å². The molecule has 0 heterocycles. The van der Waals surface area contributed by atoms with Crippen LogP contribution >= 0.6 is 0 Å².